The van der Waals surface area contributed by atoms with E-state index < -0.39 is 10.8 Å². The zero-order chi connectivity index (χ0) is 11.4. The molecule has 1 rings (SSSR count). The zero-order valence-corrected chi connectivity index (χ0v) is 10.2. The Morgan fingerprint density at radius 3 is 2.47 bits per heavy atom. The van der Waals surface area contributed by atoms with Crippen molar-refractivity contribution in [1.29, 1.82) is 0 Å². The van der Waals surface area contributed by atoms with E-state index in [0.29, 0.717) is 12.2 Å². The summed E-state index contributed by atoms with van der Waals surface area (Å²) >= 11 is 0. The molecule has 0 aliphatic heterocycles. The number of ketones is 1. The molecule has 1 aromatic rings. The van der Waals surface area contributed by atoms with Crippen LogP contribution in [0.4, 0.5) is 0 Å². The van der Waals surface area contributed by atoms with Crippen molar-refractivity contribution in [2.75, 3.05) is 5.75 Å². The Kier molecular flexibility index (Phi) is 4.21. The molecule has 0 fully saturated rings. The molecule has 0 amide bonds. The second-order valence-corrected chi connectivity index (χ2v) is 5.32. The Bertz CT molecular complexity index is 397. The van der Waals surface area contributed by atoms with Gasteiger partial charge in [0.1, 0.15) is 5.78 Å². The first-order valence-corrected chi connectivity index (χ1v) is 6.27. The van der Waals surface area contributed by atoms with Gasteiger partial charge in [0.25, 0.3) is 0 Å². The molecule has 3 heteroatoms. The minimum atomic E-state index is -1.04. The molecule has 0 radical (unpaired) electrons. The van der Waals surface area contributed by atoms with Crippen LogP contribution in [0.25, 0.3) is 0 Å². The molecule has 0 aliphatic rings. The van der Waals surface area contributed by atoms with Crippen LogP contribution in [0.2, 0.25) is 0 Å². The molecule has 0 saturated carbocycles. The summed E-state index contributed by atoms with van der Waals surface area (Å²) in [4.78, 5) is 11.6. The molecule has 0 aromatic heterocycles. The fraction of sp³-hybridized carbons (Fsp3) is 0.417. The number of carbonyl (C=O) groups excluding carboxylic acids is 1. The van der Waals surface area contributed by atoms with Gasteiger partial charge in [-0.1, -0.05) is 6.07 Å². The van der Waals surface area contributed by atoms with Crippen molar-refractivity contribution in [3.05, 3.63) is 29.3 Å². The second-order valence-electron chi connectivity index (χ2n) is 3.75. The summed E-state index contributed by atoms with van der Waals surface area (Å²) in [6.07, 6.45) is 0.388. The van der Waals surface area contributed by atoms with Gasteiger partial charge in [0.15, 0.2) is 0 Å². The maximum absolute atomic E-state index is 11.8. The molecule has 2 nitrogen and oxygen atoms in total. The van der Waals surface area contributed by atoms with Crippen molar-refractivity contribution in [3.8, 4) is 0 Å². The van der Waals surface area contributed by atoms with Gasteiger partial charge >= 0.3 is 0 Å². The molecule has 1 atom stereocenters. The van der Waals surface area contributed by atoms with E-state index in [1.165, 1.54) is 12.5 Å². The topological polar surface area (TPSA) is 34.1 Å². The molecule has 0 N–H and O–H groups in total. The fourth-order valence-electron chi connectivity index (χ4n) is 1.21. The summed E-state index contributed by atoms with van der Waals surface area (Å²) in [5.41, 5.74) is 2.34. The van der Waals surface area contributed by atoms with Crippen LogP contribution in [0.15, 0.2) is 23.1 Å². The summed E-state index contributed by atoms with van der Waals surface area (Å²) in [5, 5.41) is 0. The lowest BCUT2D eigenvalue weighted by atomic mass is 10.1. The van der Waals surface area contributed by atoms with E-state index in [9.17, 15) is 9.00 Å². The number of carbonyl (C=O) groups is 1. The van der Waals surface area contributed by atoms with Crippen LogP contribution >= 0.6 is 0 Å². The fourth-order valence-corrected chi connectivity index (χ4v) is 2.45. The molecule has 1 aromatic carbocycles. The Balaban J connectivity index is 2.74. The van der Waals surface area contributed by atoms with Gasteiger partial charge in [-0.2, -0.15) is 0 Å². The van der Waals surface area contributed by atoms with E-state index in [1.807, 2.05) is 32.0 Å². The molecule has 0 spiro atoms. The van der Waals surface area contributed by atoms with E-state index >= 15 is 0 Å². The predicted octanol–water partition coefficient (Wildman–Crippen LogP) is 2.39. The van der Waals surface area contributed by atoms with Crippen LogP contribution in [0.3, 0.4) is 0 Å². The van der Waals surface area contributed by atoms with E-state index in [2.05, 4.69) is 0 Å². The number of Topliss-reactive ketones (excluding diaryl/α,β-unsaturated/α-hetero) is 1. The third-order valence-corrected chi connectivity index (χ3v) is 3.74. The third kappa shape index (κ3) is 3.59. The highest BCUT2D eigenvalue weighted by Gasteiger charge is 2.06. The van der Waals surface area contributed by atoms with Crippen LogP contribution in [0.1, 0.15) is 24.5 Å². The molecule has 0 heterocycles. The molecule has 0 saturated heterocycles. The molecule has 0 bridgehead atoms. The minimum Gasteiger partial charge on any atom is -0.300 e. The van der Waals surface area contributed by atoms with Gasteiger partial charge in [0.2, 0.25) is 0 Å². The van der Waals surface area contributed by atoms with Crippen LogP contribution in [0, 0.1) is 13.8 Å². The van der Waals surface area contributed by atoms with Gasteiger partial charge in [0, 0.05) is 17.1 Å². The van der Waals surface area contributed by atoms with Crippen LogP contribution in [0.5, 0.6) is 0 Å². The van der Waals surface area contributed by atoms with Gasteiger partial charge in [-0.25, -0.2) is 0 Å². The number of rotatable bonds is 4. The maximum atomic E-state index is 11.8. The van der Waals surface area contributed by atoms with Crippen molar-refractivity contribution in [2.45, 2.75) is 32.1 Å². The first-order valence-electron chi connectivity index (χ1n) is 4.96. The molecule has 1 unspecified atom stereocenters. The van der Waals surface area contributed by atoms with Crippen LogP contribution in [-0.4, -0.2) is 15.7 Å². The van der Waals surface area contributed by atoms with E-state index in [1.54, 1.807) is 0 Å². The number of benzene rings is 1. The SMILES string of the molecule is CC(=O)CCS(=O)c1ccc(C)c(C)c1. The van der Waals surface area contributed by atoms with Crippen LogP contribution in [-0.2, 0) is 15.6 Å². The van der Waals surface area contributed by atoms with Crippen molar-refractivity contribution < 1.29 is 9.00 Å². The van der Waals surface area contributed by atoms with Crippen LogP contribution < -0.4 is 0 Å². The molecular weight excluding hydrogens is 208 g/mol. The Morgan fingerprint density at radius 2 is 1.93 bits per heavy atom. The van der Waals surface area contributed by atoms with Gasteiger partial charge in [-0.15, -0.1) is 0 Å². The first kappa shape index (κ1) is 12.1. The number of hydrogen-bond acceptors (Lipinski definition) is 2. The zero-order valence-electron chi connectivity index (χ0n) is 9.37. The van der Waals surface area contributed by atoms with Crippen molar-refractivity contribution in [1.82, 2.24) is 0 Å². The Labute approximate surface area is 93.2 Å². The maximum Gasteiger partial charge on any atom is 0.130 e. The average Bonchev–Trinajstić information content (AvgIpc) is 2.18. The summed E-state index contributed by atoms with van der Waals surface area (Å²) in [5.74, 6) is 0.518. The standard InChI is InChI=1S/C12H16O2S/c1-9-4-5-12(8-10(9)2)15(14)7-6-11(3)13/h4-5,8H,6-7H2,1-3H3. The number of aryl methyl sites for hydroxylation is 2. The second kappa shape index (κ2) is 5.21. The van der Waals surface area contributed by atoms with E-state index in [4.69, 9.17) is 0 Å². The lowest BCUT2D eigenvalue weighted by molar-refractivity contribution is -0.116. The highest BCUT2D eigenvalue weighted by Crippen LogP contribution is 2.13. The molecule has 82 valence electrons. The Morgan fingerprint density at radius 1 is 1.27 bits per heavy atom. The third-order valence-electron chi connectivity index (χ3n) is 2.38. The largest absolute Gasteiger partial charge is 0.300 e. The van der Waals surface area contributed by atoms with Gasteiger partial charge in [0.05, 0.1) is 10.8 Å². The predicted molar refractivity (Wildman–Crippen MR) is 62.5 cm³/mol. The summed E-state index contributed by atoms with van der Waals surface area (Å²) in [6.45, 7) is 5.55. The smallest absolute Gasteiger partial charge is 0.130 e. The highest BCUT2D eigenvalue weighted by molar-refractivity contribution is 7.85. The average molecular weight is 224 g/mol. The summed E-state index contributed by atoms with van der Waals surface area (Å²) in [7, 11) is -1.04. The first-order chi connectivity index (χ1) is 7.00. The normalized spacial score (nSPS) is 12.5. The van der Waals surface area contributed by atoms with Crippen molar-refractivity contribution in [2.24, 2.45) is 0 Å². The summed E-state index contributed by atoms with van der Waals surface area (Å²) in [6, 6.07) is 5.78. The van der Waals surface area contributed by atoms with Crippen molar-refractivity contribution in [3.63, 3.8) is 0 Å². The van der Waals surface area contributed by atoms with E-state index in [0.717, 1.165) is 10.5 Å². The highest BCUT2D eigenvalue weighted by atomic mass is 32.2. The minimum absolute atomic E-state index is 0.0900. The Hall–Kier alpha value is -0.960. The van der Waals surface area contributed by atoms with Crippen molar-refractivity contribution >= 4 is 16.6 Å². The molecule has 0 aliphatic carbocycles. The quantitative estimate of drug-likeness (QED) is 0.787. The summed E-state index contributed by atoms with van der Waals surface area (Å²) < 4.78 is 11.8. The lowest BCUT2D eigenvalue weighted by Gasteiger charge is -2.04. The van der Waals surface area contributed by atoms with Gasteiger partial charge in [-0.05, 0) is 44.0 Å². The monoisotopic (exact) mass is 224 g/mol. The van der Waals surface area contributed by atoms with E-state index in [-0.39, 0.29) is 5.78 Å². The molecule has 15 heavy (non-hydrogen) atoms. The number of hydrogen-bond donors (Lipinski definition) is 0. The van der Waals surface area contributed by atoms with Gasteiger partial charge in [-0.3, -0.25) is 9.00 Å². The molecular formula is C12H16O2S. The van der Waals surface area contributed by atoms with Gasteiger partial charge < -0.3 is 0 Å². The lowest BCUT2D eigenvalue weighted by Crippen LogP contribution is -2.03.